The number of hydrogen-bond donors (Lipinski definition) is 1. The number of carbonyl (C=O) groups excluding carboxylic acids is 1. The maximum absolute atomic E-state index is 12.9. The van der Waals surface area contributed by atoms with Gasteiger partial charge >= 0.3 is 12.3 Å². The Hall–Kier alpha value is -2.54. The lowest BCUT2D eigenvalue weighted by Crippen LogP contribution is -2.57. The molecule has 3 aliphatic heterocycles. The van der Waals surface area contributed by atoms with Gasteiger partial charge in [0.1, 0.15) is 0 Å². The molecule has 2 aromatic carbocycles. The fourth-order valence-electron chi connectivity index (χ4n) is 4.22. The highest BCUT2D eigenvalue weighted by Gasteiger charge is 2.36. The van der Waals surface area contributed by atoms with Gasteiger partial charge in [0.25, 0.3) is 0 Å². The summed E-state index contributed by atoms with van der Waals surface area (Å²) in [6.45, 7) is 2.95. The SMILES string of the molecule is O=C(N[C@H]1CN2CCC1CC2)OC(c1ccccc1)c1ccc(C(F)(F)F)cc1. The van der Waals surface area contributed by atoms with Gasteiger partial charge in [0.15, 0.2) is 6.10 Å². The van der Waals surface area contributed by atoms with E-state index in [4.69, 9.17) is 4.74 Å². The van der Waals surface area contributed by atoms with E-state index in [2.05, 4.69) is 10.2 Å². The standard InChI is InChI=1S/C22H23F3N2O2/c23-22(24,25)18-8-6-17(7-9-18)20(16-4-2-1-3-5-16)29-21(28)26-19-14-27-12-10-15(19)11-13-27/h1-9,15,19-20H,10-14H2,(H,26,28)/t19-,20?/m0/s1. The number of alkyl halides is 3. The maximum atomic E-state index is 12.9. The van der Waals surface area contributed by atoms with E-state index in [1.165, 1.54) is 12.1 Å². The molecule has 1 amide bonds. The summed E-state index contributed by atoms with van der Waals surface area (Å²) in [5, 5.41) is 2.97. The summed E-state index contributed by atoms with van der Waals surface area (Å²) in [5.41, 5.74) is 0.467. The lowest BCUT2D eigenvalue weighted by atomic mass is 9.84. The van der Waals surface area contributed by atoms with Gasteiger partial charge < -0.3 is 15.0 Å². The molecular formula is C22H23F3N2O2. The van der Waals surface area contributed by atoms with Gasteiger partial charge in [-0.2, -0.15) is 13.2 Å². The molecule has 0 aliphatic carbocycles. The van der Waals surface area contributed by atoms with Crippen molar-refractivity contribution in [3.8, 4) is 0 Å². The number of hydrogen-bond acceptors (Lipinski definition) is 3. The van der Waals surface area contributed by atoms with E-state index in [0.29, 0.717) is 17.0 Å². The third kappa shape index (κ3) is 4.56. The molecule has 0 radical (unpaired) electrons. The second-order valence-corrected chi connectivity index (χ2v) is 7.70. The molecule has 0 spiro atoms. The number of alkyl carbamates (subject to hydrolysis) is 1. The van der Waals surface area contributed by atoms with Gasteiger partial charge in [-0.25, -0.2) is 4.79 Å². The van der Waals surface area contributed by atoms with Crippen molar-refractivity contribution in [2.75, 3.05) is 19.6 Å². The summed E-state index contributed by atoms with van der Waals surface area (Å²) >= 11 is 0. The Morgan fingerprint density at radius 1 is 1.00 bits per heavy atom. The van der Waals surface area contributed by atoms with Crippen molar-refractivity contribution in [1.29, 1.82) is 0 Å². The number of nitrogens with zero attached hydrogens (tertiary/aromatic N) is 1. The molecule has 1 unspecified atom stereocenters. The molecule has 3 fully saturated rings. The third-order valence-electron chi connectivity index (χ3n) is 5.83. The van der Waals surface area contributed by atoms with Crippen LogP contribution < -0.4 is 5.32 Å². The highest BCUT2D eigenvalue weighted by atomic mass is 19.4. The number of carbonyl (C=O) groups is 1. The van der Waals surface area contributed by atoms with Crippen LogP contribution in [0.15, 0.2) is 54.6 Å². The van der Waals surface area contributed by atoms with Gasteiger partial charge in [-0.15, -0.1) is 0 Å². The van der Waals surface area contributed by atoms with Crippen molar-refractivity contribution in [2.24, 2.45) is 5.92 Å². The number of rotatable bonds is 4. The molecule has 2 atom stereocenters. The van der Waals surface area contributed by atoms with Gasteiger partial charge in [-0.1, -0.05) is 42.5 Å². The second-order valence-electron chi connectivity index (χ2n) is 7.70. The predicted molar refractivity (Wildman–Crippen MR) is 102 cm³/mol. The van der Waals surface area contributed by atoms with E-state index in [1.54, 1.807) is 24.3 Å². The minimum Gasteiger partial charge on any atom is -0.436 e. The first kappa shape index (κ1) is 19.8. The van der Waals surface area contributed by atoms with E-state index in [-0.39, 0.29) is 6.04 Å². The highest BCUT2D eigenvalue weighted by Crippen LogP contribution is 2.33. The Kier molecular flexibility index (Phi) is 5.50. The number of ether oxygens (including phenoxy) is 1. The normalized spacial score (nSPS) is 24.7. The number of piperidine rings is 3. The van der Waals surface area contributed by atoms with E-state index in [1.807, 2.05) is 6.07 Å². The van der Waals surface area contributed by atoms with Gasteiger partial charge in [-0.3, -0.25) is 0 Å². The third-order valence-corrected chi connectivity index (χ3v) is 5.83. The average molecular weight is 404 g/mol. The zero-order chi connectivity index (χ0) is 20.4. The Morgan fingerprint density at radius 3 is 2.17 bits per heavy atom. The first-order valence-electron chi connectivity index (χ1n) is 9.82. The summed E-state index contributed by atoms with van der Waals surface area (Å²) in [4.78, 5) is 15.0. The van der Waals surface area contributed by atoms with Crippen molar-refractivity contribution >= 4 is 6.09 Å². The molecule has 3 saturated heterocycles. The average Bonchev–Trinajstić information content (AvgIpc) is 2.73. The molecule has 29 heavy (non-hydrogen) atoms. The van der Waals surface area contributed by atoms with Crippen LogP contribution in [0, 0.1) is 5.92 Å². The molecule has 3 aliphatic rings. The number of fused-ring (bicyclic) bond motifs is 3. The Bertz CT molecular complexity index is 831. The Labute approximate surface area is 167 Å². The van der Waals surface area contributed by atoms with Gasteiger partial charge in [0.05, 0.1) is 5.56 Å². The first-order chi connectivity index (χ1) is 13.9. The van der Waals surface area contributed by atoms with Crippen LogP contribution in [0.3, 0.4) is 0 Å². The second kappa shape index (κ2) is 8.06. The summed E-state index contributed by atoms with van der Waals surface area (Å²) in [6, 6.07) is 13.8. The van der Waals surface area contributed by atoms with Crippen molar-refractivity contribution in [2.45, 2.75) is 31.2 Å². The molecule has 2 aromatic rings. The lowest BCUT2D eigenvalue weighted by molar-refractivity contribution is -0.137. The van der Waals surface area contributed by atoms with Gasteiger partial charge in [-0.05, 0) is 55.1 Å². The monoisotopic (exact) mass is 404 g/mol. The Morgan fingerprint density at radius 2 is 1.62 bits per heavy atom. The summed E-state index contributed by atoms with van der Waals surface area (Å²) < 4.78 is 44.4. The zero-order valence-corrected chi connectivity index (χ0v) is 15.9. The quantitative estimate of drug-likeness (QED) is 0.809. The minimum atomic E-state index is -4.41. The van der Waals surface area contributed by atoms with Crippen LogP contribution in [-0.2, 0) is 10.9 Å². The molecule has 5 rings (SSSR count). The molecule has 7 heteroatoms. The molecule has 4 nitrogen and oxygen atoms in total. The van der Waals surface area contributed by atoms with E-state index in [0.717, 1.165) is 44.6 Å². The summed E-state index contributed by atoms with van der Waals surface area (Å²) in [6.07, 6.45) is -3.61. The van der Waals surface area contributed by atoms with E-state index in [9.17, 15) is 18.0 Å². The van der Waals surface area contributed by atoms with Crippen LogP contribution in [0.1, 0.15) is 35.6 Å². The van der Waals surface area contributed by atoms with Gasteiger partial charge in [0, 0.05) is 12.6 Å². The fraction of sp³-hybridized carbons (Fsp3) is 0.409. The van der Waals surface area contributed by atoms with Crippen LogP contribution in [0.5, 0.6) is 0 Å². The van der Waals surface area contributed by atoms with E-state index < -0.39 is 23.9 Å². The van der Waals surface area contributed by atoms with E-state index >= 15 is 0 Å². The van der Waals surface area contributed by atoms with Crippen molar-refractivity contribution in [1.82, 2.24) is 10.2 Å². The van der Waals surface area contributed by atoms with Crippen LogP contribution in [0.4, 0.5) is 18.0 Å². The molecular weight excluding hydrogens is 381 g/mol. The van der Waals surface area contributed by atoms with Crippen LogP contribution in [0.25, 0.3) is 0 Å². The van der Waals surface area contributed by atoms with Crippen molar-refractivity contribution in [3.05, 3.63) is 71.3 Å². The predicted octanol–water partition coefficient (Wildman–Crippen LogP) is 4.62. The molecule has 1 N–H and O–H groups in total. The molecule has 0 saturated carbocycles. The number of amides is 1. The number of nitrogens with one attached hydrogen (secondary N) is 1. The van der Waals surface area contributed by atoms with Crippen LogP contribution in [0.2, 0.25) is 0 Å². The zero-order valence-electron chi connectivity index (χ0n) is 15.9. The lowest BCUT2D eigenvalue weighted by Gasteiger charge is -2.44. The largest absolute Gasteiger partial charge is 0.436 e. The topological polar surface area (TPSA) is 41.6 Å². The first-order valence-corrected chi connectivity index (χ1v) is 9.82. The summed E-state index contributed by atoms with van der Waals surface area (Å²) in [5.74, 6) is 0.453. The van der Waals surface area contributed by atoms with Crippen molar-refractivity contribution < 1.29 is 22.7 Å². The Balaban J connectivity index is 1.51. The van der Waals surface area contributed by atoms with Gasteiger partial charge in [0.2, 0.25) is 0 Å². The molecule has 3 heterocycles. The highest BCUT2D eigenvalue weighted by molar-refractivity contribution is 5.68. The maximum Gasteiger partial charge on any atom is 0.416 e. The molecule has 2 bridgehead atoms. The molecule has 0 aromatic heterocycles. The smallest absolute Gasteiger partial charge is 0.416 e. The van der Waals surface area contributed by atoms with Crippen LogP contribution in [-0.4, -0.2) is 36.7 Å². The molecule has 154 valence electrons. The minimum absolute atomic E-state index is 0.0500. The number of halogens is 3. The summed E-state index contributed by atoms with van der Waals surface area (Å²) in [7, 11) is 0. The van der Waals surface area contributed by atoms with Crippen molar-refractivity contribution in [3.63, 3.8) is 0 Å². The fourth-order valence-corrected chi connectivity index (χ4v) is 4.22. The number of benzene rings is 2. The van der Waals surface area contributed by atoms with Crippen LogP contribution >= 0.6 is 0 Å².